The Morgan fingerprint density at radius 3 is 2.02 bits per heavy atom. The first-order valence-corrected chi connectivity index (χ1v) is 17.9. The molecule has 0 fully saturated rings. The quantitative estimate of drug-likeness (QED) is 0.114. The van der Waals surface area contributed by atoms with Gasteiger partial charge >= 0.3 is 0 Å². The van der Waals surface area contributed by atoms with Crippen molar-refractivity contribution in [2.75, 3.05) is 0 Å². The minimum atomic E-state index is -1.49. The average molecular weight is 737 g/mol. The van der Waals surface area contributed by atoms with Gasteiger partial charge in [0.15, 0.2) is 5.78 Å². The summed E-state index contributed by atoms with van der Waals surface area (Å²) in [5.41, 5.74) is 9.89. The van der Waals surface area contributed by atoms with Gasteiger partial charge in [-0.2, -0.15) is 0 Å². The van der Waals surface area contributed by atoms with Crippen molar-refractivity contribution in [2.45, 2.75) is 101 Å². The molecule has 0 spiro atoms. The van der Waals surface area contributed by atoms with Crippen molar-refractivity contribution in [2.24, 2.45) is 11.8 Å². The summed E-state index contributed by atoms with van der Waals surface area (Å²) in [6.07, 6.45) is 2.47. The van der Waals surface area contributed by atoms with E-state index in [9.17, 15) is 9.90 Å². The third-order valence-electron chi connectivity index (χ3n) is 7.68. The van der Waals surface area contributed by atoms with Crippen LogP contribution in [0.4, 0.5) is 0 Å². The molecule has 0 aliphatic heterocycles. The fourth-order valence-corrected chi connectivity index (χ4v) is 6.08. The first kappa shape index (κ1) is 36.0. The van der Waals surface area contributed by atoms with Crippen molar-refractivity contribution in [3.63, 3.8) is 0 Å². The van der Waals surface area contributed by atoms with Crippen LogP contribution in [0.15, 0.2) is 36.1 Å². The fraction of sp³-hybridized carbons (Fsp3) is 0.486. The van der Waals surface area contributed by atoms with E-state index in [1.54, 1.807) is 0 Å². The van der Waals surface area contributed by atoms with Crippen molar-refractivity contribution >= 4 is 29.9 Å². The van der Waals surface area contributed by atoms with Gasteiger partial charge in [-0.15, -0.1) is 34.4 Å². The minimum absolute atomic E-state index is 0. The summed E-state index contributed by atoms with van der Waals surface area (Å²) in [5, 5.41) is 12.1. The van der Waals surface area contributed by atoms with Gasteiger partial charge in [0.2, 0.25) is 0 Å². The van der Waals surface area contributed by atoms with E-state index in [-0.39, 0.29) is 43.5 Å². The fourth-order valence-electron chi connectivity index (χ4n) is 4.41. The Labute approximate surface area is 258 Å². The van der Waals surface area contributed by atoms with Gasteiger partial charge in [0.25, 0.3) is 0 Å². The molecule has 1 unspecified atom stereocenters. The molecule has 40 heavy (non-hydrogen) atoms. The third kappa shape index (κ3) is 8.96. The Balaban J connectivity index is 0.000000569. The topological polar surface area (TPSA) is 50.2 Å². The molecule has 0 aliphatic rings. The van der Waals surface area contributed by atoms with Gasteiger partial charge in [-0.1, -0.05) is 99.3 Å². The zero-order chi connectivity index (χ0) is 29.8. The van der Waals surface area contributed by atoms with Gasteiger partial charge in [-0.25, -0.2) is 0 Å². The number of ketones is 1. The molecule has 5 heteroatoms. The third-order valence-corrected chi connectivity index (χ3v) is 9.69. The zero-order valence-electron chi connectivity index (χ0n) is 27.0. The van der Waals surface area contributed by atoms with Gasteiger partial charge in [-0.05, 0) is 42.1 Å². The number of hydrogen-bond acceptors (Lipinski definition) is 3. The van der Waals surface area contributed by atoms with Crippen LogP contribution in [0.2, 0.25) is 19.6 Å². The molecule has 1 aromatic heterocycles. The molecule has 3 nitrogen and oxygen atoms in total. The number of nitrogens with zero attached hydrogens (tertiary/aromatic N) is 1. The Morgan fingerprint density at radius 1 is 0.950 bits per heavy atom. The number of allylic oxidation sites excluding steroid dienone is 2. The molecule has 1 radical (unpaired) electrons. The number of aromatic nitrogens is 1. The zero-order valence-corrected chi connectivity index (χ0v) is 30.4. The first-order valence-electron chi connectivity index (χ1n) is 14.4. The van der Waals surface area contributed by atoms with Crippen LogP contribution in [-0.2, 0) is 24.9 Å². The molecular weight excluding hydrogens is 687 g/mol. The van der Waals surface area contributed by atoms with Crippen LogP contribution in [-0.4, -0.2) is 23.9 Å². The molecule has 0 saturated heterocycles. The predicted octanol–water partition coefficient (Wildman–Crippen LogP) is 9.30. The second-order valence-corrected chi connectivity index (χ2v) is 17.8. The van der Waals surface area contributed by atoms with Crippen LogP contribution in [0, 0.1) is 45.6 Å². The predicted molar refractivity (Wildman–Crippen MR) is 172 cm³/mol. The van der Waals surface area contributed by atoms with Crippen LogP contribution in [0.1, 0.15) is 81.7 Å². The Morgan fingerprint density at radius 2 is 1.55 bits per heavy atom. The number of hydrogen-bond donors (Lipinski definition) is 1. The van der Waals surface area contributed by atoms with E-state index in [2.05, 4.69) is 91.5 Å². The maximum atomic E-state index is 11.0. The van der Waals surface area contributed by atoms with Crippen molar-refractivity contribution in [3.8, 4) is 11.3 Å². The van der Waals surface area contributed by atoms with Gasteiger partial charge in [0, 0.05) is 43.4 Å². The number of fused-ring (bicyclic) bond motifs is 1. The number of aliphatic hydroxyl groups is 1. The minimum Gasteiger partial charge on any atom is -0.512 e. The first-order chi connectivity index (χ1) is 18.0. The number of rotatable bonds is 7. The summed E-state index contributed by atoms with van der Waals surface area (Å²) >= 11 is 0. The van der Waals surface area contributed by atoms with Crippen molar-refractivity contribution < 1.29 is 30.0 Å². The van der Waals surface area contributed by atoms with E-state index in [4.69, 9.17) is 4.98 Å². The van der Waals surface area contributed by atoms with E-state index < -0.39 is 8.07 Å². The summed E-state index contributed by atoms with van der Waals surface area (Å²) in [4.78, 5) is 16.2. The summed E-state index contributed by atoms with van der Waals surface area (Å²) in [6.45, 7) is 28.0. The summed E-state index contributed by atoms with van der Waals surface area (Å²) in [6, 6.07) is 12.9. The molecule has 3 rings (SSSR count). The molecular formula is C35H50IrNO2Si-. The van der Waals surface area contributed by atoms with Gasteiger partial charge in [0.1, 0.15) is 0 Å². The summed E-state index contributed by atoms with van der Waals surface area (Å²) in [7, 11) is -1.49. The van der Waals surface area contributed by atoms with Crippen molar-refractivity contribution in [3.05, 3.63) is 70.0 Å². The van der Waals surface area contributed by atoms with Crippen molar-refractivity contribution in [1.82, 2.24) is 4.98 Å². The van der Waals surface area contributed by atoms with Crippen LogP contribution in [0.5, 0.6) is 0 Å². The Hall–Kier alpha value is -2.07. The van der Waals surface area contributed by atoms with Crippen LogP contribution in [0.25, 0.3) is 22.2 Å². The second kappa shape index (κ2) is 14.7. The summed E-state index contributed by atoms with van der Waals surface area (Å²) < 4.78 is 0. The number of benzene rings is 2. The normalized spacial score (nSPS) is 12.7. The molecule has 0 bridgehead atoms. The number of carbonyl (C=O) groups excluding carboxylic acids is 1. The maximum absolute atomic E-state index is 11.0. The molecule has 3 aromatic rings. The van der Waals surface area contributed by atoms with Crippen LogP contribution < -0.4 is 5.19 Å². The molecule has 0 aliphatic carbocycles. The molecule has 1 N–H and O–H groups in total. The van der Waals surface area contributed by atoms with Crippen LogP contribution in [0.3, 0.4) is 0 Å². The number of pyridine rings is 1. The summed E-state index contributed by atoms with van der Waals surface area (Å²) in [5.74, 6) is 0.717. The van der Waals surface area contributed by atoms with E-state index >= 15 is 0 Å². The number of carbonyl (C=O) groups is 1. The molecule has 221 valence electrons. The van der Waals surface area contributed by atoms with E-state index in [0.29, 0.717) is 5.92 Å². The second-order valence-electron chi connectivity index (χ2n) is 12.7. The number of aryl methyl sites for hydroxylation is 3. The molecule has 0 saturated carbocycles. The van der Waals surface area contributed by atoms with Gasteiger partial charge < -0.3 is 5.11 Å². The van der Waals surface area contributed by atoms with E-state index in [1.165, 1.54) is 44.5 Å². The molecule has 0 amide bonds. The van der Waals surface area contributed by atoms with Crippen LogP contribution >= 0.6 is 0 Å². The van der Waals surface area contributed by atoms with E-state index in [1.807, 2.05) is 27.7 Å². The van der Waals surface area contributed by atoms with E-state index in [0.717, 1.165) is 23.2 Å². The SMILES string of the molecule is CC(C)C(=O)/C=C(\O)C(C)C.CCC(C)c1cc([Si](C)(C)C)c2c(C)cc(-c3[c-]c(C)c(C)c(C)c3)nc2c1.[Ir]. The molecule has 2 aromatic carbocycles. The largest absolute Gasteiger partial charge is 0.512 e. The number of aliphatic hydroxyl groups excluding tert-OH is 1. The van der Waals surface area contributed by atoms with Gasteiger partial charge in [-0.3, -0.25) is 9.78 Å². The standard InChI is InChI=1S/C26H34NSi.C9H16O2.Ir/c1-10-16(2)21-14-24-26(25(15-21)28(7,8)9)19(5)13-23(27-24)22-11-17(3)20(6)18(4)12-22;1-6(2)8(10)5-9(11)7(3)4;/h11,13-16H,10H2,1-9H3;5-7,10H,1-4H3;/q-1;;/b;8-5-;. The average Bonchev–Trinajstić information content (AvgIpc) is 2.85. The maximum Gasteiger partial charge on any atom is 0.161 e. The molecule has 1 atom stereocenters. The smallest absolute Gasteiger partial charge is 0.161 e. The van der Waals surface area contributed by atoms with Gasteiger partial charge in [0.05, 0.1) is 19.3 Å². The Kier molecular flexibility index (Phi) is 13.2. The Bertz CT molecular complexity index is 1340. The monoisotopic (exact) mass is 737 g/mol. The molecule has 1 heterocycles. The van der Waals surface area contributed by atoms with Crippen molar-refractivity contribution in [1.29, 1.82) is 0 Å².